The average molecular weight is 379 g/mol. The summed E-state index contributed by atoms with van der Waals surface area (Å²) in [5, 5.41) is 11.2. The highest BCUT2D eigenvalue weighted by Crippen LogP contribution is 2.39. The molecule has 1 aliphatic heterocycles. The number of nitrogens with one attached hydrogen (secondary N) is 1. The number of likely N-dealkylation sites (tertiary alicyclic amines) is 1. The summed E-state index contributed by atoms with van der Waals surface area (Å²) in [5.41, 5.74) is 4.33. The Bertz CT molecular complexity index is 943. The normalized spacial score (nSPS) is 19.3. The number of hydrogen-bond donors (Lipinski definition) is 1. The van der Waals surface area contributed by atoms with E-state index in [-0.39, 0.29) is 17.7 Å². The fraction of sp³-hybridized carbons (Fsp3) is 0.429. The van der Waals surface area contributed by atoms with Crippen molar-refractivity contribution in [3.8, 4) is 0 Å². The van der Waals surface area contributed by atoms with Crippen LogP contribution in [0.3, 0.4) is 0 Å². The third-order valence-electron chi connectivity index (χ3n) is 5.63. The molecule has 4 rings (SSSR count). The van der Waals surface area contributed by atoms with Crippen molar-refractivity contribution in [3.63, 3.8) is 0 Å². The number of aryl methyl sites for hydroxylation is 3. The van der Waals surface area contributed by atoms with E-state index < -0.39 is 0 Å². The molecule has 0 spiro atoms. The Morgan fingerprint density at radius 2 is 1.93 bits per heavy atom. The van der Waals surface area contributed by atoms with Gasteiger partial charge >= 0.3 is 0 Å². The zero-order valence-corrected chi connectivity index (χ0v) is 16.5. The van der Waals surface area contributed by atoms with Gasteiger partial charge in [0, 0.05) is 31.1 Å². The maximum absolute atomic E-state index is 13.0. The number of nitrogens with zero attached hydrogens (tertiary/aromatic N) is 4. The van der Waals surface area contributed by atoms with Crippen LogP contribution >= 0.6 is 0 Å². The molecular formula is C21H25N5O2. The number of rotatable bonds is 5. The maximum atomic E-state index is 13.0. The van der Waals surface area contributed by atoms with E-state index in [1.165, 1.54) is 5.56 Å². The van der Waals surface area contributed by atoms with Crippen molar-refractivity contribution in [2.45, 2.75) is 45.4 Å². The molecule has 2 atom stereocenters. The van der Waals surface area contributed by atoms with E-state index in [2.05, 4.69) is 32.5 Å². The molecule has 3 aromatic rings. The third-order valence-corrected chi connectivity index (χ3v) is 5.63. The predicted molar refractivity (Wildman–Crippen MR) is 104 cm³/mol. The van der Waals surface area contributed by atoms with E-state index in [1.54, 1.807) is 0 Å². The van der Waals surface area contributed by atoms with Crippen LogP contribution in [0.1, 0.15) is 52.5 Å². The summed E-state index contributed by atoms with van der Waals surface area (Å²) in [5.74, 6) is 1.56. The summed E-state index contributed by atoms with van der Waals surface area (Å²) in [6.07, 6.45) is 1.17. The lowest BCUT2D eigenvalue weighted by Crippen LogP contribution is -2.29. The van der Waals surface area contributed by atoms with Crippen molar-refractivity contribution in [1.82, 2.24) is 25.2 Å². The van der Waals surface area contributed by atoms with Gasteiger partial charge in [0.1, 0.15) is 0 Å². The predicted octanol–water partition coefficient (Wildman–Crippen LogP) is 3.06. The molecule has 1 fully saturated rings. The van der Waals surface area contributed by atoms with Gasteiger partial charge in [0.25, 0.3) is 0 Å². The minimum atomic E-state index is 0.0185. The molecule has 7 nitrogen and oxygen atoms in total. The molecule has 1 aromatic carbocycles. The van der Waals surface area contributed by atoms with Crippen molar-refractivity contribution in [2.75, 3.05) is 13.1 Å². The van der Waals surface area contributed by atoms with E-state index >= 15 is 0 Å². The van der Waals surface area contributed by atoms with Gasteiger partial charge in [0.15, 0.2) is 5.82 Å². The molecule has 2 unspecified atom stereocenters. The van der Waals surface area contributed by atoms with Crippen molar-refractivity contribution in [2.24, 2.45) is 0 Å². The molecular weight excluding hydrogens is 354 g/mol. The topological polar surface area (TPSA) is 87.9 Å². The first-order chi connectivity index (χ1) is 13.5. The van der Waals surface area contributed by atoms with Crippen LogP contribution in [0.15, 0.2) is 34.9 Å². The molecule has 1 N–H and O–H groups in total. The Labute approximate surface area is 164 Å². The van der Waals surface area contributed by atoms with Gasteiger partial charge in [-0.2, -0.15) is 10.1 Å². The minimum Gasteiger partial charge on any atom is -0.341 e. The molecule has 2 aromatic heterocycles. The van der Waals surface area contributed by atoms with E-state index in [4.69, 9.17) is 4.52 Å². The van der Waals surface area contributed by atoms with Crippen LogP contribution in [0.5, 0.6) is 0 Å². The monoisotopic (exact) mass is 379 g/mol. The van der Waals surface area contributed by atoms with Crippen LogP contribution in [0.4, 0.5) is 0 Å². The summed E-state index contributed by atoms with van der Waals surface area (Å²) in [6.45, 7) is 7.05. The van der Waals surface area contributed by atoms with Crippen LogP contribution < -0.4 is 0 Å². The summed E-state index contributed by atoms with van der Waals surface area (Å²) >= 11 is 0. The summed E-state index contributed by atoms with van der Waals surface area (Å²) in [4.78, 5) is 19.3. The highest BCUT2D eigenvalue weighted by molar-refractivity contribution is 5.77. The summed E-state index contributed by atoms with van der Waals surface area (Å²) < 4.78 is 5.47. The number of aromatic amines is 1. The molecule has 1 aliphatic rings. The second kappa shape index (κ2) is 7.58. The van der Waals surface area contributed by atoms with Gasteiger partial charge in [-0.05, 0) is 38.3 Å². The lowest BCUT2D eigenvalue weighted by molar-refractivity contribution is -0.130. The second-order valence-corrected chi connectivity index (χ2v) is 7.51. The van der Waals surface area contributed by atoms with Gasteiger partial charge in [-0.1, -0.05) is 35.5 Å². The fourth-order valence-corrected chi connectivity index (χ4v) is 4.09. The first-order valence-electron chi connectivity index (χ1n) is 9.66. The average Bonchev–Trinajstić information content (AvgIpc) is 3.40. The van der Waals surface area contributed by atoms with Gasteiger partial charge in [-0.25, -0.2) is 0 Å². The first-order valence-corrected chi connectivity index (χ1v) is 9.66. The standard InChI is InChI=1S/C21H25N5O2/c1-13-17(14(2)24-23-13)9-10-20(27)26-11-18(16-7-5-4-6-8-16)19(12-26)21-22-15(3)25-28-21/h4-8,18-19H,9-12H2,1-3H3,(H,23,24). The highest BCUT2D eigenvalue weighted by Gasteiger charge is 2.40. The summed E-state index contributed by atoms with van der Waals surface area (Å²) in [6, 6.07) is 10.3. The van der Waals surface area contributed by atoms with Gasteiger partial charge in [-0.15, -0.1) is 0 Å². The second-order valence-electron chi connectivity index (χ2n) is 7.51. The van der Waals surface area contributed by atoms with Crippen molar-refractivity contribution in [3.05, 3.63) is 64.6 Å². The number of H-pyrrole nitrogens is 1. The number of hydrogen-bond acceptors (Lipinski definition) is 5. The molecule has 28 heavy (non-hydrogen) atoms. The van der Waals surface area contributed by atoms with Crippen LogP contribution in [-0.2, 0) is 11.2 Å². The summed E-state index contributed by atoms with van der Waals surface area (Å²) in [7, 11) is 0. The first kappa shape index (κ1) is 18.4. The number of benzene rings is 1. The number of carbonyl (C=O) groups excluding carboxylic acids is 1. The van der Waals surface area contributed by atoms with Crippen molar-refractivity contribution < 1.29 is 9.32 Å². The Morgan fingerprint density at radius 3 is 2.57 bits per heavy atom. The number of amides is 1. The van der Waals surface area contributed by atoms with E-state index in [0.717, 1.165) is 17.0 Å². The molecule has 1 amide bonds. The van der Waals surface area contributed by atoms with Crippen LogP contribution in [-0.4, -0.2) is 44.2 Å². The number of aromatic nitrogens is 4. The molecule has 1 saturated heterocycles. The Balaban J connectivity index is 1.51. The number of carbonyl (C=O) groups is 1. The Hall–Kier alpha value is -2.96. The smallest absolute Gasteiger partial charge is 0.232 e. The Kier molecular flexibility index (Phi) is 4.98. The fourth-order valence-electron chi connectivity index (χ4n) is 4.09. The van der Waals surface area contributed by atoms with E-state index in [1.807, 2.05) is 43.9 Å². The van der Waals surface area contributed by atoms with Gasteiger partial charge in [-0.3, -0.25) is 9.89 Å². The van der Waals surface area contributed by atoms with Gasteiger partial charge < -0.3 is 9.42 Å². The van der Waals surface area contributed by atoms with Crippen molar-refractivity contribution in [1.29, 1.82) is 0 Å². The largest absolute Gasteiger partial charge is 0.341 e. The lowest BCUT2D eigenvalue weighted by atomic mass is 9.89. The van der Waals surface area contributed by atoms with Crippen LogP contribution in [0, 0.1) is 20.8 Å². The van der Waals surface area contributed by atoms with Crippen LogP contribution in [0.25, 0.3) is 0 Å². The SMILES string of the molecule is Cc1noc(C2CN(C(=O)CCc3c(C)n[nH]c3C)CC2c2ccccc2)n1. The molecule has 146 valence electrons. The molecule has 0 bridgehead atoms. The van der Waals surface area contributed by atoms with Gasteiger partial charge in [0.2, 0.25) is 11.8 Å². The molecule has 0 saturated carbocycles. The van der Waals surface area contributed by atoms with E-state index in [9.17, 15) is 4.79 Å². The zero-order chi connectivity index (χ0) is 19.7. The molecule has 7 heteroatoms. The molecule has 3 heterocycles. The molecule has 0 aliphatic carbocycles. The van der Waals surface area contributed by atoms with Gasteiger partial charge in [0.05, 0.1) is 11.6 Å². The van der Waals surface area contributed by atoms with E-state index in [0.29, 0.717) is 37.6 Å². The van der Waals surface area contributed by atoms with Crippen molar-refractivity contribution >= 4 is 5.91 Å². The maximum Gasteiger partial charge on any atom is 0.232 e. The molecule has 0 radical (unpaired) electrons. The highest BCUT2D eigenvalue weighted by atomic mass is 16.5. The lowest BCUT2D eigenvalue weighted by Gasteiger charge is -2.16. The van der Waals surface area contributed by atoms with Crippen LogP contribution in [0.2, 0.25) is 0 Å². The Morgan fingerprint density at radius 1 is 1.18 bits per heavy atom. The third kappa shape index (κ3) is 3.56. The quantitative estimate of drug-likeness (QED) is 0.736. The zero-order valence-electron chi connectivity index (χ0n) is 16.5. The minimum absolute atomic E-state index is 0.0185.